The van der Waals surface area contributed by atoms with Crippen LogP contribution in [0.4, 0.5) is 0 Å². The minimum absolute atomic E-state index is 0.0619. The number of carbonyl (C=O) groups is 1. The van der Waals surface area contributed by atoms with Gasteiger partial charge in [0, 0.05) is 32.5 Å². The fourth-order valence-electron chi connectivity index (χ4n) is 1.83. The van der Waals surface area contributed by atoms with Crippen LogP contribution in [-0.2, 0) is 14.3 Å². The van der Waals surface area contributed by atoms with E-state index in [1.165, 1.54) is 19.8 Å². The Bertz CT molecular complexity index is 388. The van der Waals surface area contributed by atoms with Gasteiger partial charge in [0.05, 0.1) is 6.61 Å². The maximum absolute atomic E-state index is 11.0. The number of hydrogen-bond donors (Lipinski definition) is 2. The number of nitrogens with one attached hydrogen (secondary N) is 2. The SMILES string of the molecule is CCCCCOCC1O[C@H](N=CC=C(NC)NC(C)=O)CS1. The molecule has 1 saturated heterocycles. The van der Waals surface area contributed by atoms with E-state index in [2.05, 4.69) is 22.5 Å². The van der Waals surface area contributed by atoms with Gasteiger partial charge in [-0.3, -0.25) is 9.79 Å². The van der Waals surface area contributed by atoms with Crippen LogP contribution in [0.3, 0.4) is 0 Å². The van der Waals surface area contributed by atoms with E-state index < -0.39 is 0 Å². The van der Waals surface area contributed by atoms with Gasteiger partial charge in [0.15, 0.2) is 6.23 Å². The number of hydrogen-bond acceptors (Lipinski definition) is 6. The first-order valence-corrected chi connectivity index (χ1v) is 8.74. The van der Waals surface area contributed by atoms with Gasteiger partial charge >= 0.3 is 0 Å². The van der Waals surface area contributed by atoms with Crippen molar-refractivity contribution in [1.82, 2.24) is 10.6 Å². The average Bonchev–Trinajstić information content (AvgIpc) is 2.93. The van der Waals surface area contributed by atoms with Crippen molar-refractivity contribution < 1.29 is 14.3 Å². The zero-order valence-corrected chi connectivity index (χ0v) is 14.4. The van der Waals surface area contributed by atoms with E-state index >= 15 is 0 Å². The summed E-state index contributed by atoms with van der Waals surface area (Å²) in [5.74, 6) is 1.31. The molecular formula is C15H27N3O3S. The molecule has 22 heavy (non-hydrogen) atoms. The second-order valence-electron chi connectivity index (χ2n) is 4.95. The van der Waals surface area contributed by atoms with Crippen molar-refractivity contribution >= 4 is 23.9 Å². The number of ether oxygens (including phenoxy) is 2. The van der Waals surface area contributed by atoms with Gasteiger partial charge in [-0.15, -0.1) is 11.8 Å². The van der Waals surface area contributed by atoms with Crippen molar-refractivity contribution in [3.05, 3.63) is 11.9 Å². The molecule has 0 bridgehead atoms. The zero-order valence-electron chi connectivity index (χ0n) is 13.6. The quantitative estimate of drug-likeness (QED) is 0.473. The van der Waals surface area contributed by atoms with Crippen LogP contribution in [0.1, 0.15) is 33.1 Å². The summed E-state index contributed by atoms with van der Waals surface area (Å²) in [7, 11) is 1.74. The van der Waals surface area contributed by atoms with E-state index in [1.807, 2.05) is 0 Å². The third-order valence-corrected chi connectivity index (χ3v) is 4.05. The van der Waals surface area contributed by atoms with E-state index in [1.54, 1.807) is 31.1 Å². The van der Waals surface area contributed by atoms with Crippen LogP contribution in [0.25, 0.3) is 0 Å². The number of thioether (sulfide) groups is 1. The summed E-state index contributed by atoms with van der Waals surface area (Å²) in [4.78, 5) is 15.3. The smallest absolute Gasteiger partial charge is 0.222 e. The molecule has 2 N–H and O–H groups in total. The fraction of sp³-hybridized carbons (Fsp3) is 0.733. The van der Waals surface area contributed by atoms with Crippen LogP contribution < -0.4 is 10.6 Å². The van der Waals surface area contributed by atoms with Crippen molar-refractivity contribution in [1.29, 1.82) is 0 Å². The van der Waals surface area contributed by atoms with Gasteiger partial charge in [0.1, 0.15) is 11.3 Å². The molecule has 1 amide bonds. The summed E-state index contributed by atoms with van der Waals surface area (Å²) in [6.45, 7) is 5.06. The fourth-order valence-corrected chi connectivity index (χ4v) is 2.78. The van der Waals surface area contributed by atoms with Crippen molar-refractivity contribution in [2.75, 3.05) is 26.0 Å². The Kier molecular flexibility index (Phi) is 9.94. The molecule has 1 aliphatic rings. The minimum atomic E-state index is -0.152. The Hall–Kier alpha value is -1.05. The van der Waals surface area contributed by atoms with Crippen molar-refractivity contribution in [3.8, 4) is 0 Å². The molecule has 0 aliphatic carbocycles. The Morgan fingerprint density at radius 1 is 1.50 bits per heavy atom. The molecular weight excluding hydrogens is 302 g/mol. The van der Waals surface area contributed by atoms with E-state index in [4.69, 9.17) is 9.47 Å². The summed E-state index contributed by atoms with van der Waals surface area (Å²) in [5.41, 5.74) is 0.0619. The Morgan fingerprint density at radius 3 is 3.00 bits per heavy atom. The van der Waals surface area contributed by atoms with Gasteiger partial charge in [-0.1, -0.05) is 19.8 Å². The molecule has 0 saturated carbocycles. The Balaban J connectivity index is 2.23. The molecule has 1 unspecified atom stereocenters. The third kappa shape index (κ3) is 8.41. The molecule has 1 heterocycles. The topological polar surface area (TPSA) is 72.0 Å². The van der Waals surface area contributed by atoms with Crippen LogP contribution in [0.5, 0.6) is 0 Å². The van der Waals surface area contributed by atoms with E-state index in [0.29, 0.717) is 12.4 Å². The second-order valence-corrected chi connectivity index (χ2v) is 6.14. The van der Waals surface area contributed by atoms with E-state index in [9.17, 15) is 4.79 Å². The lowest BCUT2D eigenvalue weighted by Crippen LogP contribution is -2.27. The molecule has 1 rings (SSSR count). The van der Waals surface area contributed by atoms with Crippen LogP contribution in [-0.4, -0.2) is 49.8 Å². The van der Waals surface area contributed by atoms with Crippen molar-refractivity contribution in [2.24, 2.45) is 4.99 Å². The predicted octanol–water partition coefficient (Wildman–Crippen LogP) is 1.88. The van der Waals surface area contributed by atoms with E-state index in [0.717, 1.165) is 18.8 Å². The first kappa shape index (κ1) is 19.0. The van der Waals surface area contributed by atoms with Crippen molar-refractivity contribution in [3.63, 3.8) is 0 Å². The van der Waals surface area contributed by atoms with Gasteiger partial charge in [-0.05, 0) is 12.5 Å². The molecule has 2 atom stereocenters. The number of amides is 1. The normalized spacial score (nSPS) is 22.2. The van der Waals surface area contributed by atoms with Crippen LogP contribution in [0.15, 0.2) is 16.9 Å². The minimum Gasteiger partial charge on any atom is -0.378 e. The first-order chi connectivity index (χ1) is 10.7. The number of aliphatic imine (C=N–C) groups is 1. The molecule has 7 heteroatoms. The first-order valence-electron chi connectivity index (χ1n) is 7.69. The molecule has 1 aliphatic heterocycles. The summed E-state index contributed by atoms with van der Waals surface area (Å²) in [6, 6.07) is 0. The maximum Gasteiger partial charge on any atom is 0.222 e. The van der Waals surface area contributed by atoms with Gasteiger partial charge in [-0.25, -0.2) is 0 Å². The molecule has 1 fully saturated rings. The van der Waals surface area contributed by atoms with Crippen molar-refractivity contribution in [2.45, 2.75) is 44.8 Å². The number of unbranched alkanes of at least 4 members (excludes halogenated alkanes) is 2. The molecule has 0 radical (unpaired) electrons. The average molecular weight is 329 g/mol. The second kappa shape index (κ2) is 11.5. The number of rotatable bonds is 10. The summed E-state index contributed by atoms with van der Waals surface area (Å²) < 4.78 is 11.4. The lowest BCUT2D eigenvalue weighted by molar-refractivity contribution is -0.118. The predicted molar refractivity (Wildman–Crippen MR) is 90.9 cm³/mol. The maximum atomic E-state index is 11.0. The van der Waals surface area contributed by atoms with Gasteiger partial charge in [0.2, 0.25) is 5.91 Å². The molecule has 6 nitrogen and oxygen atoms in total. The third-order valence-electron chi connectivity index (χ3n) is 2.95. The highest BCUT2D eigenvalue weighted by Gasteiger charge is 2.24. The lowest BCUT2D eigenvalue weighted by Gasteiger charge is -2.10. The number of allylic oxidation sites excluding steroid dienone is 1. The molecule has 126 valence electrons. The highest BCUT2D eigenvalue weighted by atomic mass is 32.2. The summed E-state index contributed by atoms with van der Waals surface area (Å²) >= 11 is 1.72. The lowest BCUT2D eigenvalue weighted by atomic mass is 10.3. The Morgan fingerprint density at radius 2 is 2.32 bits per heavy atom. The standard InChI is InChI=1S/C15H27N3O3S/c1-4-5-6-9-20-10-15-21-14(11-22-15)17-8-7-13(16-3)18-12(2)19/h7-8,14-16H,4-6,9-11H2,1-3H3,(H,18,19)/t14-,15?/m0/s1. The summed E-state index contributed by atoms with van der Waals surface area (Å²) in [5, 5.41) is 5.55. The van der Waals surface area contributed by atoms with Crippen LogP contribution in [0, 0.1) is 0 Å². The zero-order chi connectivity index (χ0) is 16.2. The highest BCUT2D eigenvalue weighted by Crippen LogP contribution is 2.25. The molecule has 0 aromatic carbocycles. The van der Waals surface area contributed by atoms with Crippen LogP contribution in [0.2, 0.25) is 0 Å². The van der Waals surface area contributed by atoms with Gasteiger partial charge in [-0.2, -0.15) is 0 Å². The summed E-state index contributed by atoms with van der Waals surface area (Å²) in [6.07, 6.45) is 6.73. The monoisotopic (exact) mass is 329 g/mol. The molecule has 0 spiro atoms. The Labute approximate surface area is 137 Å². The number of nitrogens with zero attached hydrogens (tertiary/aromatic N) is 1. The largest absolute Gasteiger partial charge is 0.378 e. The highest BCUT2D eigenvalue weighted by molar-refractivity contribution is 8.00. The molecule has 0 aromatic heterocycles. The van der Waals surface area contributed by atoms with Crippen LogP contribution >= 0.6 is 11.8 Å². The van der Waals surface area contributed by atoms with Gasteiger partial charge < -0.3 is 20.1 Å². The number of carbonyl (C=O) groups excluding carboxylic acids is 1. The van der Waals surface area contributed by atoms with E-state index in [-0.39, 0.29) is 17.6 Å². The van der Waals surface area contributed by atoms with Gasteiger partial charge in [0.25, 0.3) is 0 Å². The molecule has 0 aromatic rings.